The third-order valence-electron chi connectivity index (χ3n) is 3.04. The summed E-state index contributed by atoms with van der Waals surface area (Å²) in [6.45, 7) is 0. The summed E-state index contributed by atoms with van der Waals surface area (Å²) < 4.78 is 2.15. The molecule has 78 valence electrons. The van der Waals surface area contributed by atoms with Crippen LogP contribution in [0, 0.1) is 0 Å². The van der Waals surface area contributed by atoms with Crippen LogP contribution in [0.2, 0.25) is 0 Å². The zero-order chi connectivity index (χ0) is 10.1. The molecule has 4 heteroatoms. The minimum atomic E-state index is 0.594. The topological polar surface area (TPSA) is 30.7 Å². The van der Waals surface area contributed by atoms with Crippen molar-refractivity contribution in [1.82, 2.24) is 14.8 Å². The molecule has 2 heterocycles. The first kappa shape index (κ1) is 9.09. The fourth-order valence-corrected chi connectivity index (χ4v) is 2.84. The maximum Gasteiger partial charge on any atom is 0.0992 e. The first-order valence-electron chi connectivity index (χ1n) is 5.37. The summed E-state index contributed by atoms with van der Waals surface area (Å²) in [6.07, 6.45) is 7.08. The van der Waals surface area contributed by atoms with Crippen molar-refractivity contribution in [3.8, 4) is 11.4 Å². The lowest BCUT2D eigenvalue weighted by molar-refractivity contribution is 0.471. The van der Waals surface area contributed by atoms with Gasteiger partial charge in [-0.25, -0.2) is 4.98 Å². The highest BCUT2D eigenvalue weighted by atomic mass is 32.1. The predicted octanol–water partition coefficient (Wildman–Crippen LogP) is 3.12. The number of hydrogen-bond donors (Lipinski definition) is 0. The third kappa shape index (κ3) is 1.59. The first-order chi connectivity index (χ1) is 7.45. The van der Waals surface area contributed by atoms with Crippen LogP contribution in [0.15, 0.2) is 23.2 Å². The van der Waals surface area contributed by atoms with E-state index in [4.69, 9.17) is 0 Å². The fourth-order valence-electron chi connectivity index (χ4n) is 2.30. The molecule has 0 aromatic carbocycles. The fraction of sp³-hybridized carbons (Fsp3) is 0.455. The Morgan fingerprint density at radius 1 is 1.33 bits per heavy atom. The quantitative estimate of drug-likeness (QED) is 0.777. The van der Waals surface area contributed by atoms with Gasteiger partial charge in [0.25, 0.3) is 0 Å². The van der Waals surface area contributed by atoms with E-state index in [1.807, 2.05) is 11.7 Å². The molecule has 2 aromatic rings. The molecule has 0 radical (unpaired) electrons. The lowest BCUT2D eigenvalue weighted by Crippen LogP contribution is -2.07. The molecule has 0 bridgehead atoms. The average Bonchev–Trinajstić information content (AvgIpc) is 3.01. The van der Waals surface area contributed by atoms with Gasteiger partial charge in [0.05, 0.1) is 22.9 Å². The second-order valence-electron chi connectivity index (χ2n) is 3.97. The van der Waals surface area contributed by atoms with Crippen LogP contribution in [-0.2, 0) is 0 Å². The molecule has 0 unspecified atom stereocenters. The zero-order valence-corrected chi connectivity index (χ0v) is 9.28. The molecule has 0 aliphatic heterocycles. The predicted molar refractivity (Wildman–Crippen MR) is 60.8 cm³/mol. The normalized spacial score (nSPS) is 17.3. The highest BCUT2D eigenvalue weighted by molar-refractivity contribution is 7.07. The monoisotopic (exact) mass is 219 g/mol. The van der Waals surface area contributed by atoms with Crippen molar-refractivity contribution in [2.45, 2.75) is 31.7 Å². The number of thiazole rings is 1. The van der Waals surface area contributed by atoms with Crippen LogP contribution in [0.5, 0.6) is 0 Å². The second kappa shape index (κ2) is 3.77. The van der Waals surface area contributed by atoms with Crippen molar-refractivity contribution in [3.05, 3.63) is 23.2 Å². The van der Waals surface area contributed by atoms with Gasteiger partial charge in [0.15, 0.2) is 0 Å². The number of nitrogens with zero attached hydrogens (tertiary/aromatic N) is 3. The molecule has 0 amide bonds. The molecular weight excluding hydrogens is 206 g/mol. The van der Waals surface area contributed by atoms with E-state index in [0.717, 1.165) is 5.69 Å². The lowest BCUT2D eigenvalue weighted by Gasteiger charge is -2.12. The van der Waals surface area contributed by atoms with Gasteiger partial charge in [-0.1, -0.05) is 12.8 Å². The van der Waals surface area contributed by atoms with Crippen molar-refractivity contribution in [1.29, 1.82) is 0 Å². The van der Waals surface area contributed by atoms with Crippen LogP contribution in [0.25, 0.3) is 11.4 Å². The summed E-state index contributed by atoms with van der Waals surface area (Å²) in [4.78, 5) is 4.35. The van der Waals surface area contributed by atoms with Gasteiger partial charge >= 0.3 is 0 Å². The third-order valence-corrected chi connectivity index (χ3v) is 3.62. The van der Waals surface area contributed by atoms with E-state index in [2.05, 4.69) is 26.2 Å². The van der Waals surface area contributed by atoms with Crippen LogP contribution in [-0.4, -0.2) is 14.8 Å². The summed E-state index contributed by atoms with van der Waals surface area (Å²) in [7, 11) is 0. The van der Waals surface area contributed by atoms with E-state index >= 15 is 0 Å². The Kier molecular flexibility index (Phi) is 2.29. The Balaban J connectivity index is 1.98. The van der Waals surface area contributed by atoms with Gasteiger partial charge in [-0.05, 0) is 18.9 Å². The summed E-state index contributed by atoms with van der Waals surface area (Å²) >= 11 is 1.64. The summed E-state index contributed by atoms with van der Waals surface area (Å²) in [5, 5.41) is 6.52. The Morgan fingerprint density at radius 2 is 2.20 bits per heavy atom. The minimum Gasteiger partial charge on any atom is -0.260 e. The molecule has 3 nitrogen and oxygen atoms in total. The highest BCUT2D eigenvalue weighted by Crippen LogP contribution is 2.32. The molecule has 0 spiro atoms. The Bertz CT molecular complexity index is 426. The zero-order valence-electron chi connectivity index (χ0n) is 8.47. The van der Waals surface area contributed by atoms with Crippen molar-refractivity contribution in [2.24, 2.45) is 0 Å². The molecule has 1 aliphatic carbocycles. The molecule has 3 rings (SSSR count). The molecule has 1 fully saturated rings. The molecule has 1 saturated carbocycles. The molecule has 1 aliphatic rings. The maximum atomic E-state index is 4.44. The van der Waals surface area contributed by atoms with Gasteiger partial charge in [-0.2, -0.15) is 5.10 Å². The van der Waals surface area contributed by atoms with E-state index in [0.29, 0.717) is 6.04 Å². The molecule has 0 N–H and O–H groups in total. The average molecular weight is 219 g/mol. The van der Waals surface area contributed by atoms with E-state index in [1.54, 1.807) is 11.3 Å². The molecule has 0 saturated heterocycles. The highest BCUT2D eigenvalue weighted by Gasteiger charge is 2.20. The molecule has 0 atom stereocenters. The number of aromatic nitrogens is 3. The van der Waals surface area contributed by atoms with E-state index < -0.39 is 0 Å². The van der Waals surface area contributed by atoms with Gasteiger partial charge in [0.2, 0.25) is 0 Å². The summed E-state index contributed by atoms with van der Waals surface area (Å²) in [6, 6.07) is 2.66. The molecule has 15 heavy (non-hydrogen) atoms. The number of rotatable bonds is 2. The first-order valence-corrected chi connectivity index (χ1v) is 6.31. The summed E-state index contributed by atoms with van der Waals surface area (Å²) in [5.74, 6) is 0. The standard InChI is InChI=1S/C11H13N3S/c1-2-4-9(3-1)14-11(5-6-13-14)10-7-15-8-12-10/h5-9H,1-4H2. The largest absolute Gasteiger partial charge is 0.260 e. The van der Waals surface area contributed by atoms with Crippen LogP contribution in [0.4, 0.5) is 0 Å². The van der Waals surface area contributed by atoms with E-state index in [9.17, 15) is 0 Å². The Morgan fingerprint density at radius 3 is 2.93 bits per heavy atom. The van der Waals surface area contributed by atoms with Gasteiger partial charge < -0.3 is 0 Å². The van der Waals surface area contributed by atoms with Crippen LogP contribution in [0.3, 0.4) is 0 Å². The SMILES string of the molecule is c1cc(-c2cscn2)n(C2CCCC2)n1. The van der Waals surface area contributed by atoms with Crippen molar-refractivity contribution >= 4 is 11.3 Å². The number of hydrogen-bond acceptors (Lipinski definition) is 3. The van der Waals surface area contributed by atoms with Crippen molar-refractivity contribution < 1.29 is 0 Å². The van der Waals surface area contributed by atoms with Gasteiger partial charge in [-0.15, -0.1) is 11.3 Å². The Hall–Kier alpha value is -1.16. The van der Waals surface area contributed by atoms with Crippen molar-refractivity contribution in [2.75, 3.05) is 0 Å². The van der Waals surface area contributed by atoms with Crippen LogP contribution in [0.1, 0.15) is 31.7 Å². The maximum absolute atomic E-state index is 4.44. The van der Waals surface area contributed by atoms with Crippen LogP contribution >= 0.6 is 11.3 Å². The smallest absolute Gasteiger partial charge is 0.0992 e. The Labute approximate surface area is 92.8 Å². The second-order valence-corrected chi connectivity index (χ2v) is 4.69. The van der Waals surface area contributed by atoms with Gasteiger partial charge in [0.1, 0.15) is 0 Å². The summed E-state index contributed by atoms with van der Waals surface area (Å²) in [5.41, 5.74) is 4.11. The minimum absolute atomic E-state index is 0.594. The molecule has 2 aromatic heterocycles. The van der Waals surface area contributed by atoms with Crippen LogP contribution < -0.4 is 0 Å². The van der Waals surface area contributed by atoms with Gasteiger partial charge in [0, 0.05) is 11.6 Å². The van der Waals surface area contributed by atoms with Crippen molar-refractivity contribution in [3.63, 3.8) is 0 Å². The molecular formula is C11H13N3S. The van der Waals surface area contributed by atoms with Gasteiger partial charge in [-0.3, -0.25) is 4.68 Å². The van der Waals surface area contributed by atoms with E-state index in [-0.39, 0.29) is 0 Å². The van der Waals surface area contributed by atoms with E-state index in [1.165, 1.54) is 31.4 Å². The lowest BCUT2D eigenvalue weighted by atomic mass is 10.2.